The Kier molecular flexibility index (Phi) is 30.0. The van der Waals surface area contributed by atoms with Crippen LogP contribution in [0.4, 0.5) is 0 Å². The molecule has 2 aliphatic rings. The summed E-state index contributed by atoms with van der Waals surface area (Å²) in [5, 5.41) is 70.0. The highest BCUT2D eigenvalue weighted by Crippen LogP contribution is 2.27. The fourth-order valence-corrected chi connectivity index (χ4v) is 5.78. The molecule has 0 amide bonds. The first kappa shape index (κ1) is 49.8. The van der Waals surface area contributed by atoms with Gasteiger partial charge in [0.15, 0.2) is 6.29 Å². The third-order valence-electron chi connectivity index (χ3n) is 8.75. The van der Waals surface area contributed by atoms with Crippen LogP contribution in [0.25, 0.3) is 0 Å². The molecule has 7 N–H and O–H groups in total. The van der Waals surface area contributed by atoms with Gasteiger partial charge in [-0.3, -0.25) is 0 Å². The minimum absolute atomic E-state index is 0.0144. The van der Waals surface area contributed by atoms with Crippen molar-refractivity contribution in [1.29, 1.82) is 0 Å². The summed E-state index contributed by atoms with van der Waals surface area (Å²) in [5.41, 5.74) is 0. The summed E-state index contributed by atoms with van der Waals surface area (Å²) in [4.78, 5) is 10.1. The van der Waals surface area contributed by atoms with Gasteiger partial charge in [-0.25, -0.2) is 9.78 Å². The summed E-state index contributed by atoms with van der Waals surface area (Å²) in [7, 11) is 0. The number of unbranched alkanes of at least 4 members (excludes halogenated alkanes) is 8. The van der Waals surface area contributed by atoms with Crippen molar-refractivity contribution in [2.45, 2.75) is 119 Å². The smallest absolute Gasteiger partial charge is 0.220 e. The third-order valence-corrected chi connectivity index (χ3v) is 9.06. The van der Waals surface area contributed by atoms with Gasteiger partial charge in [0.25, 0.3) is 0 Å². The normalized spacial score (nSPS) is 28.9. The van der Waals surface area contributed by atoms with E-state index in [0.717, 1.165) is 18.8 Å². The Hall–Kier alpha value is -0.370. The molecule has 0 bridgehead atoms. The molecule has 0 radical (unpaired) electrons. The maximum Gasteiger partial charge on any atom is 0.220 e. The highest BCUT2D eigenvalue weighted by atomic mass is 32.1. The van der Waals surface area contributed by atoms with Crippen LogP contribution in [0.3, 0.4) is 0 Å². The van der Waals surface area contributed by atoms with E-state index < -0.39 is 74.6 Å². The van der Waals surface area contributed by atoms with E-state index in [-0.39, 0.29) is 19.8 Å². The first-order chi connectivity index (χ1) is 26.3. The molecule has 0 saturated carbocycles. The number of ether oxygens (including phenoxy) is 9. The van der Waals surface area contributed by atoms with Gasteiger partial charge in [0.1, 0.15) is 48.8 Å². The van der Waals surface area contributed by atoms with Crippen LogP contribution in [-0.4, -0.2) is 202 Å². The third kappa shape index (κ3) is 20.9. The van der Waals surface area contributed by atoms with E-state index in [2.05, 4.69) is 12.6 Å². The molecule has 0 unspecified atom stereocenters. The van der Waals surface area contributed by atoms with E-state index in [1.54, 1.807) is 0 Å². The molecule has 0 aromatic heterocycles. The maximum atomic E-state index is 10.6. The molecule has 2 heterocycles. The molecule has 19 heteroatoms. The SMILES string of the molecule is OC[C@H]1O[C@@H](OO[C@H]2[C@H](O)[C@@H](O)[C@H](OCCOCCOCCOCCOCCOCCOCCCCCCCCCCCS)O[C@@H]2CO)[C@H](O)[C@@H](O)[C@H]1O. The molecule has 0 aromatic rings. The van der Waals surface area contributed by atoms with E-state index >= 15 is 0 Å². The molecule has 2 rings (SSSR count). The minimum atomic E-state index is -1.77. The Labute approximate surface area is 324 Å². The molecular weight excluding hydrogens is 740 g/mol. The summed E-state index contributed by atoms with van der Waals surface area (Å²) in [6, 6.07) is 0. The van der Waals surface area contributed by atoms with Gasteiger partial charge in [-0.05, 0) is 18.6 Å². The van der Waals surface area contributed by atoms with Crippen LogP contribution in [0.5, 0.6) is 0 Å². The molecule has 0 spiro atoms. The highest BCUT2D eigenvalue weighted by Gasteiger charge is 2.49. The predicted molar refractivity (Wildman–Crippen MR) is 194 cm³/mol. The van der Waals surface area contributed by atoms with Gasteiger partial charge in [-0.1, -0.05) is 44.9 Å². The average molecular weight is 809 g/mol. The molecule has 2 fully saturated rings. The second kappa shape index (κ2) is 32.6. The second-order valence-corrected chi connectivity index (χ2v) is 13.5. The average Bonchev–Trinajstić information content (AvgIpc) is 3.18. The zero-order chi connectivity index (χ0) is 39.2. The Morgan fingerprint density at radius 2 is 0.796 bits per heavy atom. The highest BCUT2D eigenvalue weighted by molar-refractivity contribution is 7.80. The van der Waals surface area contributed by atoms with E-state index in [0.29, 0.717) is 59.5 Å². The van der Waals surface area contributed by atoms with Crippen LogP contribution in [0.2, 0.25) is 0 Å². The summed E-state index contributed by atoms with van der Waals surface area (Å²) in [6.45, 7) is 3.96. The Bertz CT molecular complexity index is 850. The first-order valence-corrected chi connectivity index (χ1v) is 19.9. The van der Waals surface area contributed by atoms with E-state index in [4.69, 9.17) is 52.4 Å². The van der Waals surface area contributed by atoms with Crippen LogP contribution in [-0.2, 0) is 52.4 Å². The number of hydrogen-bond acceptors (Lipinski definition) is 19. The minimum Gasteiger partial charge on any atom is -0.394 e. The number of aliphatic hydroxyl groups is 7. The monoisotopic (exact) mass is 808 g/mol. The van der Waals surface area contributed by atoms with Crippen molar-refractivity contribution < 1.29 is 88.2 Å². The molecule has 0 aromatic carbocycles. The largest absolute Gasteiger partial charge is 0.394 e. The first-order valence-electron chi connectivity index (χ1n) is 19.3. The van der Waals surface area contributed by atoms with Crippen molar-refractivity contribution >= 4 is 12.6 Å². The van der Waals surface area contributed by atoms with Gasteiger partial charge in [0.05, 0.1) is 92.5 Å². The molecule has 2 aliphatic heterocycles. The van der Waals surface area contributed by atoms with Gasteiger partial charge in [-0.2, -0.15) is 12.6 Å². The van der Waals surface area contributed by atoms with Crippen molar-refractivity contribution in [3.05, 3.63) is 0 Å². The van der Waals surface area contributed by atoms with Crippen LogP contribution < -0.4 is 0 Å². The maximum absolute atomic E-state index is 10.6. The van der Waals surface area contributed by atoms with Gasteiger partial charge >= 0.3 is 0 Å². The summed E-state index contributed by atoms with van der Waals surface area (Å²) in [5.74, 6) is 1.000. The molecule has 18 nitrogen and oxygen atoms in total. The van der Waals surface area contributed by atoms with Gasteiger partial charge < -0.3 is 78.4 Å². The number of hydrogen-bond donors (Lipinski definition) is 8. The molecule has 322 valence electrons. The van der Waals surface area contributed by atoms with Crippen molar-refractivity contribution in [1.82, 2.24) is 0 Å². The van der Waals surface area contributed by atoms with Crippen molar-refractivity contribution in [2.24, 2.45) is 0 Å². The van der Waals surface area contributed by atoms with Crippen molar-refractivity contribution in [2.75, 3.05) is 105 Å². The number of thiol groups is 1. The molecule has 10 atom stereocenters. The molecule has 54 heavy (non-hydrogen) atoms. The van der Waals surface area contributed by atoms with Gasteiger partial charge in [0.2, 0.25) is 6.29 Å². The topological polar surface area (TPSA) is 243 Å². The van der Waals surface area contributed by atoms with Crippen molar-refractivity contribution in [3.63, 3.8) is 0 Å². The fraction of sp³-hybridized carbons (Fsp3) is 1.00. The zero-order valence-electron chi connectivity index (χ0n) is 31.5. The Morgan fingerprint density at radius 3 is 1.28 bits per heavy atom. The molecular formula is C35H68O18S. The summed E-state index contributed by atoms with van der Waals surface area (Å²) >= 11 is 4.24. The summed E-state index contributed by atoms with van der Waals surface area (Å²) in [6.07, 6.45) is -3.85. The van der Waals surface area contributed by atoms with Crippen LogP contribution >= 0.6 is 12.6 Å². The number of aliphatic hydroxyl groups excluding tert-OH is 7. The summed E-state index contributed by atoms with van der Waals surface area (Å²) < 4.78 is 49.2. The fourth-order valence-electron chi connectivity index (χ4n) is 5.55. The zero-order valence-corrected chi connectivity index (χ0v) is 32.4. The quantitative estimate of drug-likeness (QED) is 0.0167. The van der Waals surface area contributed by atoms with E-state index in [1.807, 2.05) is 0 Å². The van der Waals surface area contributed by atoms with E-state index in [1.165, 1.54) is 51.4 Å². The Morgan fingerprint density at radius 1 is 0.389 bits per heavy atom. The molecule has 2 saturated heterocycles. The van der Waals surface area contributed by atoms with E-state index in [9.17, 15) is 35.7 Å². The van der Waals surface area contributed by atoms with Crippen molar-refractivity contribution in [3.8, 4) is 0 Å². The van der Waals surface area contributed by atoms with Gasteiger partial charge in [-0.15, -0.1) is 0 Å². The lowest BCUT2D eigenvalue weighted by Crippen LogP contribution is -2.62. The van der Waals surface area contributed by atoms with Crippen LogP contribution in [0.15, 0.2) is 0 Å². The Balaban J connectivity index is 1.35. The second-order valence-electron chi connectivity index (χ2n) is 13.0. The number of rotatable bonds is 35. The van der Waals surface area contributed by atoms with Crippen LogP contribution in [0.1, 0.15) is 57.8 Å². The van der Waals surface area contributed by atoms with Crippen LogP contribution in [0, 0.1) is 0 Å². The lowest BCUT2D eigenvalue weighted by Gasteiger charge is -2.42. The predicted octanol–water partition coefficient (Wildman–Crippen LogP) is -0.901. The lowest BCUT2D eigenvalue weighted by molar-refractivity contribution is -0.464. The molecule has 0 aliphatic carbocycles. The van der Waals surface area contributed by atoms with Gasteiger partial charge in [0, 0.05) is 6.61 Å². The lowest BCUT2D eigenvalue weighted by atomic mass is 9.99. The standard InChI is InChI=1S/C35H68O18S/c36-24-26-28(38)29(39)31(41)35(50-26)53-52-33-27(25-37)51-34(32(42)30(33)40)49-22-21-48-20-19-47-18-17-46-16-15-45-14-13-44-12-11-43-10-8-6-4-2-1-3-5-7-9-23-54/h26-42,54H,1-25H2/t26-,27-,28+,29+,30-,31-,32-,33-,34-,35+/m1/s1.